The first-order valence-electron chi connectivity index (χ1n) is 7.89. The second-order valence-electron chi connectivity index (χ2n) is 6.06. The third-order valence-corrected chi connectivity index (χ3v) is 5.19. The molecule has 1 heterocycles. The molecule has 4 rings (SSSR count). The van der Waals surface area contributed by atoms with Crippen LogP contribution in [0.3, 0.4) is 0 Å². The average Bonchev–Trinajstić information content (AvgIpc) is 3.12. The number of rotatable bonds is 3. The number of ketones is 2. The molecule has 0 saturated heterocycles. The van der Waals surface area contributed by atoms with Crippen molar-refractivity contribution in [3.8, 4) is 0 Å². The van der Waals surface area contributed by atoms with E-state index in [-0.39, 0.29) is 11.6 Å². The zero-order valence-electron chi connectivity index (χ0n) is 13.7. The predicted molar refractivity (Wildman–Crippen MR) is 99.7 cm³/mol. The van der Waals surface area contributed by atoms with E-state index < -0.39 is 5.92 Å². The number of benzene rings is 2. The Morgan fingerprint density at radius 2 is 1.80 bits per heavy atom. The van der Waals surface area contributed by atoms with Gasteiger partial charge >= 0.3 is 0 Å². The highest BCUT2D eigenvalue weighted by Crippen LogP contribution is 2.29. The van der Waals surface area contributed by atoms with Crippen LogP contribution in [0.25, 0.3) is 10.2 Å². The van der Waals surface area contributed by atoms with Crippen molar-refractivity contribution in [2.75, 3.05) is 5.43 Å². The van der Waals surface area contributed by atoms with Gasteiger partial charge in [-0.15, -0.1) is 0 Å². The van der Waals surface area contributed by atoms with Crippen LogP contribution in [0.4, 0.5) is 5.13 Å². The number of aromatic nitrogens is 1. The highest BCUT2D eigenvalue weighted by Gasteiger charge is 2.40. The number of hydrogen-bond donors (Lipinski definition) is 1. The van der Waals surface area contributed by atoms with Gasteiger partial charge in [0.15, 0.2) is 11.6 Å². The molecule has 124 valence electrons. The van der Waals surface area contributed by atoms with Crippen LogP contribution in [0.1, 0.15) is 33.2 Å². The molecule has 5 nitrogen and oxygen atoms in total. The smallest absolute Gasteiger partial charge is 0.204 e. The minimum atomic E-state index is -0.846. The highest BCUT2D eigenvalue weighted by molar-refractivity contribution is 7.22. The van der Waals surface area contributed by atoms with E-state index in [0.29, 0.717) is 22.0 Å². The Morgan fingerprint density at radius 1 is 1.12 bits per heavy atom. The fourth-order valence-electron chi connectivity index (χ4n) is 3.00. The number of fused-ring (bicyclic) bond motifs is 2. The summed E-state index contributed by atoms with van der Waals surface area (Å²) in [7, 11) is 0. The first-order valence-corrected chi connectivity index (χ1v) is 8.71. The number of hydrazone groups is 1. The van der Waals surface area contributed by atoms with Gasteiger partial charge in [-0.3, -0.25) is 15.0 Å². The molecule has 3 aromatic rings. The molecule has 1 aromatic heterocycles. The van der Waals surface area contributed by atoms with E-state index in [0.717, 1.165) is 10.2 Å². The molecule has 0 bridgehead atoms. The van der Waals surface area contributed by atoms with Crippen LogP contribution in [-0.2, 0) is 0 Å². The van der Waals surface area contributed by atoms with Crippen LogP contribution in [0.2, 0.25) is 0 Å². The van der Waals surface area contributed by atoms with Crippen molar-refractivity contribution >= 4 is 44.0 Å². The molecule has 0 spiro atoms. The molecule has 0 radical (unpaired) electrons. The van der Waals surface area contributed by atoms with E-state index >= 15 is 0 Å². The molecule has 1 aliphatic rings. The Balaban J connectivity index is 1.59. The second-order valence-corrected chi connectivity index (χ2v) is 7.09. The van der Waals surface area contributed by atoms with Gasteiger partial charge in [0.05, 0.1) is 15.9 Å². The van der Waals surface area contributed by atoms with Crippen molar-refractivity contribution < 1.29 is 9.59 Å². The summed E-state index contributed by atoms with van der Waals surface area (Å²) < 4.78 is 1.07. The lowest BCUT2D eigenvalue weighted by Gasteiger charge is -2.06. The molecule has 0 aliphatic heterocycles. The quantitative estimate of drug-likeness (QED) is 0.439. The number of aryl methyl sites for hydroxylation is 1. The van der Waals surface area contributed by atoms with Gasteiger partial charge in [0.25, 0.3) is 0 Å². The van der Waals surface area contributed by atoms with Crippen molar-refractivity contribution in [1.82, 2.24) is 4.98 Å². The normalized spacial score (nSPS) is 15.0. The molecule has 0 atom stereocenters. The number of anilines is 1. The van der Waals surface area contributed by atoms with Gasteiger partial charge in [-0.2, -0.15) is 5.10 Å². The number of hydrogen-bond acceptors (Lipinski definition) is 6. The third kappa shape index (κ3) is 2.64. The second kappa shape index (κ2) is 5.89. The molecule has 2 aromatic carbocycles. The van der Waals surface area contributed by atoms with Gasteiger partial charge < -0.3 is 0 Å². The van der Waals surface area contributed by atoms with Crippen molar-refractivity contribution in [1.29, 1.82) is 0 Å². The number of carbonyl (C=O) groups is 2. The van der Waals surface area contributed by atoms with Crippen molar-refractivity contribution in [3.63, 3.8) is 0 Å². The van der Waals surface area contributed by atoms with Gasteiger partial charge in [-0.05, 0) is 31.5 Å². The number of Topliss-reactive ketones (excluding diaryl/α,β-unsaturated/α-hetero) is 2. The Morgan fingerprint density at radius 3 is 2.48 bits per heavy atom. The number of nitrogens with zero attached hydrogens (tertiary/aromatic N) is 2. The Bertz CT molecular complexity index is 1020. The maximum atomic E-state index is 12.5. The number of carbonyl (C=O) groups excluding carboxylic acids is 2. The van der Waals surface area contributed by atoms with Crippen LogP contribution in [-0.4, -0.2) is 22.3 Å². The van der Waals surface area contributed by atoms with E-state index in [9.17, 15) is 9.59 Å². The third-order valence-electron chi connectivity index (χ3n) is 4.27. The largest absolute Gasteiger partial charge is 0.293 e. The van der Waals surface area contributed by atoms with Crippen LogP contribution >= 0.6 is 11.3 Å². The maximum absolute atomic E-state index is 12.5. The van der Waals surface area contributed by atoms with E-state index in [1.165, 1.54) is 16.9 Å². The van der Waals surface area contributed by atoms with Crippen LogP contribution in [0.15, 0.2) is 47.6 Å². The van der Waals surface area contributed by atoms with Crippen molar-refractivity contribution in [3.05, 3.63) is 59.2 Å². The minimum Gasteiger partial charge on any atom is -0.293 e. The summed E-state index contributed by atoms with van der Waals surface area (Å²) in [4.78, 5) is 29.5. The Labute approximate surface area is 148 Å². The number of thiazole rings is 1. The zero-order chi connectivity index (χ0) is 17.6. The summed E-state index contributed by atoms with van der Waals surface area (Å²) in [5.74, 6) is -1.23. The SMILES string of the molecule is CC(=NNc1nc2ccc(C)cc2s1)C1C(=O)c2ccccc2C1=O. The standard InChI is InChI=1S/C19H15N3O2S/c1-10-7-8-14-15(9-10)25-19(20-14)22-21-11(2)16-17(23)12-5-3-4-6-13(12)18(16)24/h3-9,16H,1-2H3,(H,20,22). The van der Waals surface area contributed by atoms with Gasteiger partial charge in [0.2, 0.25) is 5.13 Å². The molecule has 1 aliphatic carbocycles. The molecule has 6 heteroatoms. The molecule has 0 fully saturated rings. The van der Waals surface area contributed by atoms with Gasteiger partial charge in [0.1, 0.15) is 5.92 Å². The fourth-order valence-corrected chi connectivity index (χ4v) is 3.91. The van der Waals surface area contributed by atoms with Crippen molar-refractivity contribution in [2.45, 2.75) is 13.8 Å². The Kier molecular flexibility index (Phi) is 3.69. The van der Waals surface area contributed by atoms with Gasteiger partial charge in [0, 0.05) is 11.1 Å². The van der Waals surface area contributed by atoms with Gasteiger partial charge in [-0.1, -0.05) is 41.7 Å². The maximum Gasteiger partial charge on any atom is 0.204 e. The molecule has 0 amide bonds. The molecule has 25 heavy (non-hydrogen) atoms. The van der Waals surface area contributed by atoms with Crippen LogP contribution in [0, 0.1) is 12.8 Å². The van der Waals surface area contributed by atoms with Gasteiger partial charge in [-0.25, -0.2) is 4.98 Å². The lowest BCUT2D eigenvalue weighted by Crippen LogP contribution is -2.24. The predicted octanol–water partition coefficient (Wildman–Crippen LogP) is 4.09. The summed E-state index contributed by atoms with van der Waals surface area (Å²) in [6.45, 7) is 3.72. The molecular weight excluding hydrogens is 334 g/mol. The lowest BCUT2D eigenvalue weighted by molar-refractivity contribution is 0.0883. The van der Waals surface area contributed by atoms with E-state index in [1.807, 2.05) is 19.1 Å². The zero-order valence-corrected chi connectivity index (χ0v) is 14.6. The Hall–Kier alpha value is -2.86. The summed E-state index contributed by atoms with van der Waals surface area (Å²) in [6.07, 6.45) is 0. The monoisotopic (exact) mass is 349 g/mol. The minimum absolute atomic E-state index is 0.191. The van der Waals surface area contributed by atoms with E-state index in [1.54, 1.807) is 31.2 Å². The summed E-state index contributed by atoms with van der Waals surface area (Å²) in [5.41, 5.74) is 6.35. The molecule has 1 N–H and O–H groups in total. The highest BCUT2D eigenvalue weighted by atomic mass is 32.1. The topological polar surface area (TPSA) is 71.4 Å². The molecule has 0 saturated carbocycles. The fraction of sp³-hybridized carbons (Fsp3) is 0.158. The van der Waals surface area contributed by atoms with Crippen molar-refractivity contribution in [2.24, 2.45) is 11.0 Å². The molecular formula is C19H15N3O2S. The first-order chi connectivity index (χ1) is 12.0. The lowest BCUT2D eigenvalue weighted by atomic mass is 9.99. The first kappa shape index (κ1) is 15.7. The number of nitrogens with one attached hydrogen (secondary N) is 1. The van der Waals surface area contributed by atoms with Crippen LogP contribution in [0.5, 0.6) is 0 Å². The summed E-state index contributed by atoms with van der Waals surface area (Å²) >= 11 is 1.49. The molecule has 0 unspecified atom stereocenters. The van der Waals surface area contributed by atoms with Crippen LogP contribution < -0.4 is 5.43 Å². The average molecular weight is 349 g/mol. The summed E-state index contributed by atoms with van der Waals surface area (Å²) in [6, 6.07) is 12.9. The summed E-state index contributed by atoms with van der Waals surface area (Å²) in [5, 5.41) is 4.89. The van der Waals surface area contributed by atoms with E-state index in [4.69, 9.17) is 0 Å². The van der Waals surface area contributed by atoms with E-state index in [2.05, 4.69) is 21.6 Å².